The highest BCUT2D eigenvalue weighted by atomic mass is 16.6. The van der Waals surface area contributed by atoms with E-state index in [1.165, 1.54) is 0 Å². The minimum atomic E-state index is 0.596. The summed E-state index contributed by atoms with van der Waals surface area (Å²) in [6, 6.07) is 7.47. The molecule has 0 saturated heterocycles. The lowest BCUT2D eigenvalue weighted by atomic mass is 10.2. The third-order valence-electron chi connectivity index (χ3n) is 1.90. The van der Waals surface area contributed by atoms with Crippen LogP contribution in [0.25, 0.3) is 0 Å². The van der Waals surface area contributed by atoms with Crippen LogP contribution in [0.2, 0.25) is 0 Å². The van der Waals surface area contributed by atoms with E-state index in [-0.39, 0.29) is 0 Å². The average molecular weight is 186 g/mol. The van der Waals surface area contributed by atoms with Gasteiger partial charge in [-0.1, -0.05) is 25.3 Å². The molecule has 0 spiro atoms. The van der Waals surface area contributed by atoms with Gasteiger partial charge in [0.05, 0.1) is 0 Å². The molecule has 0 bridgehead atoms. The van der Waals surface area contributed by atoms with Crippen LogP contribution >= 0.6 is 0 Å². The van der Waals surface area contributed by atoms with E-state index < -0.39 is 0 Å². The predicted molar refractivity (Wildman–Crippen MR) is 55.1 cm³/mol. The molecular weight excluding hydrogens is 176 g/mol. The lowest BCUT2D eigenvalue weighted by molar-refractivity contribution is 0.316. The zero-order chi connectivity index (χ0) is 9.97. The third-order valence-corrected chi connectivity index (χ3v) is 1.90. The summed E-state index contributed by atoms with van der Waals surface area (Å²) in [4.78, 5) is 0. The summed E-state index contributed by atoms with van der Waals surface area (Å²) in [5.74, 6) is 2.60. The van der Waals surface area contributed by atoms with Crippen molar-refractivity contribution in [1.82, 2.24) is 0 Å². The maximum atomic E-state index is 5.55. The summed E-state index contributed by atoms with van der Waals surface area (Å²) in [5, 5.41) is 0. The zero-order valence-corrected chi connectivity index (χ0v) is 7.69. The first-order valence-electron chi connectivity index (χ1n) is 4.29. The number of hydrogen-bond donors (Lipinski definition) is 0. The Morgan fingerprint density at radius 2 is 1.29 bits per heavy atom. The van der Waals surface area contributed by atoms with E-state index in [1.54, 1.807) is 12.2 Å². The number of benzene rings is 1. The second-order valence-electron chi connectivity index (χ2n) is 2.79. The van der Waals surface area contributed by atoms with E-state index in [2.05, 4.69) is 13.2 Å². The molecule has 1 aromatic rings. The van der Waals surface area contributed by atoms with Gasteiger partial charge in [0, 0.05) is 0 Å². The molecule has 0 atom stereocenters. The van der Waals surface area contributed by atoms with Gasteiger partial charge in [-0.3, -0.25) is 0 Å². The SMILES string of the molecule is C=CC1=C(C=C)Oc2ccccc2O1. The molecule has 0 fully saturated rings. The van der Waals surface area contributed by atoms with Crippen LogP contribution in [0.1, 0.15) is 0 Å². The summed E-state index contributed by atoms with van der Waals surface area (Å²) in [7, 11) is 0. The molecule has 0 unspecified atom stereocenters. The van der Waals surface area contributed by atoms with Crippen molar-refractivity contribution in [1.29, 1.82) is 0 Å². The molecule has 14 heavy (non-hydrogen) atoms. The predicted octanol–water partition coefficient (Wildman–Crippen LogP) is 3.04. The van der Waals surface area contributed by atoms with Crippen molar-refractivity contribution in [2.45, 2.75) is 0 Å². The standard InChI is InChI=1S/C12H10O2/c1-3-9-10(4-2)14-12-8-6-5-7-11(12)13-9/h3-8H,1-2H2. The summed E-state index contributed by atoms with van der Waals surface area (Å²) in [5.41, 5.74) is 0. The number of para-hydroxylation sites is 2. The van der Waals surface area contributed by atoms with E-state index in [4.69, 9.17) is 9.47 Å². The second-order valence-corrected chi connectivity index (χ2v) is 2.79. The van der Waals surface area contributed by atoms with Gasteiger partial charge in [0.1, 0.15) is 0 Å². The van der Waals surface area contributed by atoms with Crippen LogP contribution in [-0.4, -0.2) is 0 Å². The molecule has 1 aliphatic heterocycles. The Morgan fingerprint density at radius 3 is 1.64 bits per heavy atom. The first-order valence-corrected chi connectivity index (χ1v) is 4.29. The van der Waals surface area contributed by atoms with E-state index in [1.807, 2.05) is 24.3 Å². The molecule has 1 aromatic carbocycles. The van der Waals surface area contributed by atoms with Gasteiger partial charge >= 0.3 is 0 Å². The van der Waals surface area contributed by atoms with Crippen LogP contribution < -0.4 is 9.47 Å². The average Bonchev–Trinajstić information content (AvgIpc) is 2.27. The summed E-state index contributed by atoms with van der Waals surface area (Å²) in [6.07, 6.45) is 3.21. The Morgan fingerprint density at radius 1 is 0.857 bits per heavy atom. The van der Waals surface area contributed by atoms with Crippen molar-refractivity contribution in [2.75, 3.05) is 0 Å². The van der Waals surface area contributed by atoms with Gasteiger partial charge in [-0.15, -0.1) is 0 Å². The van der Waals surface area contributed by atoms with Gasteiger partial charge in [-0.25, -0.2) is 0 Å². The van der Waals surface area contributed by atoms with E-state index in [0.717, 1.165) is 0 Å². The normalized spacial score (nSPS) is 13.7. The molecule has 2 nitrogen and oxygen atoms in total. The molecule has 1 heterocycles. The first-order chi connectivity index (χ1) is 6.85. The molecule has 70 valence electrons. The first kappa shape index (κ1) is 8.63. The lowest BCUT2D eigenvalue weighted by Gasteiger charge is -2.19. The van der Waals surface area contributed by atoms with Crippen molar-refractivity contribution >= 4 is 0 Å². The molecule has 0 radical (unpaired) electrons. The van der Waals surface area contributed by atoms with Gasteiger partial charge in [-0.05, 0) is 24.3 Å². The number of ether oxygens (including phenoxy) is 2. The zero-order valence-electron chi connectivity index (χ0n) is 7.69. The number of allylic oxidation sites excluding steroid dienone is 2. The summed E-state index contributed by atoms with van der Waals surface area (Å²) in [6.45, 7) is 7.29. The molecule has 0 aromatic heterocycles. The van der Waals surface area contributed by atoms with Gasteiger partial charge in [0.25, 0.3) is 0 Å². The highest BCUT2D eigenvalue weighted by Gasteiger charge is 2.16. The maximum Gasteiger partial charge on any atom is 0.170 e. The lowest BCUT2D eigenvalue weighted by Crippen LogP contribution is -2.08. The van der Waals surface area contributed by atoms with Crippen molar-refractivity contribution in [3.05, 3.63) is 61.1 Å². The van der Waals surface area contributed by atoms with Crippen molar-refractivity contribution in [2.24, 2.45) is 0 Å². The van der Waals surface area contributed by atoms with Crippen LogP contribution in [0.4, 0.5) is 0 Å². The minimum absolute atomic E-state index is 0.596. The van der Waals surface area contributed by atoms with E-state index >= 15 is 0 Å². The van der Waals surface area contributed by atoms with Crippen LogP contribution in [0, 0.1) is 0 Å². The van der Waals surface area contributed by atoms with Gasteiger partial charge in [-0.2, -0.15) is 0 Å². The molecule has 0 N–H and O–H groups in total. The van der Waals surface area contributed by atoms with Crippen LogP contribution in [-0.2, 0) is 0 Å². The number of rotatable bonds is 2. The highest BCUT2D eigenvalue weighted by molar-refractivity contribution is 5.46. The van der Waals surface area contributed by atoms with E-state index in [0.29, 0.717) is 23.0 Å². The largest absolute Gasteiger partial charge is 0.450 e. The maximum absolute atomic E-state index is 5.55. The summed E-state index contributed by atoms with van der Waals surface area (Å²) < 4.78 is 11.1. The molecule has 0 saturated carbocycles. The molecule has 2 rings (SSSR count). The monoisotopic (exact) mass is 186 g/mol. The van der Waals surface area contributed by atoms with Gasteiger partial charge in [0.15, 0.2) is 23.0 Å². The third kappa shape index (κ3) is 1.31. The molecule has 1 aliphatic rings. The molecular formula is C12H10O2. The van der Waals surface area contributed by atoms with Gasteiger partial charge in [0.2, 0.25) is 0 Å². The molecule has 0 aliphatic carbocycles. The second kappa shape index (κ2) is 3.42. The number of fused-ring (bicyclic) bond motifs is 1. The van der Waals surface area contributed by atoms with Crippen LogP contribution in [0.5, 0.6) is 11.5 Å². The molecule has 2 heteroatoms. The Labute approximate surface area is 82.8 Å². The van der Waals surface area contributed by atoms with Crippen LogP contribution in [0.3, 0.4) is 0 Å². The molecule has 0 amide bonds. The van der Waals surface area contributed by atoms with E-state index in [9.17, 15) is 0 Å². The fourth-order valence-corrected chi connectivity index (χ4v) is 1.24. The topological polar surface area (TPSA) is 18.5 Å². The quantitative estimate of drug-likeness (QED) is 0.706. The fourth-order valence-electron chi connectivity index (χ4n) is 1.24. The number of hydrogen-bond acceptors (Lipinski definition) is 2. The Bertz CT molecular complexity index is 377. The smallest absolute Gasteiger partial charge is 0.170 e. The summed E-state index contributed by atoms with van der Waals surface area (Å²) >= 11 is 0. The van der Waals surface area contributed by atoms with Gasteiger partial charge < -0.3 is 9.47 Å². The van der Waals surface area contributed by atoms with Crippen molar-refractivity contribution < 1.29 is 9.47 Å². The Hall–Kier alpha value is -1.96. The Kier molecular flexibility index (Phi) is 2.11. The van der Waals surface area contributed by atoms with Crippen molar-refractivity contribution in [3.8, 4) is 11.5 Å². The minimum Gasteiger partial charge on any atom is -0.450 e. The van der Waals surface area contributed by atoms with Crippen molar-refractivity contribution in [3.63, 3.8) is 0 Å². The fraction of sp³-hybridized carbons (Fsp3) is 0. The Balaban J connectivity index is 2.45. The van der Waals surface area contributed by atoms with Crippen LogP contribution in [0.15, 0.2) is 61.1 Å². The highest BCUT2D eigenvalue weighted by Crippen LogP contribution is 2.34.